The van der Waals surface area contributed by atoms with Crippen molar-refractivity contribution >= 4 is 16.1 Å². The fourth-order valence-electron chi connectivity index (χ4n) is 1.76. The molecule has 1 aromatic carbocycles. The molecule has 1 aliphatic heterocycles. The normalized spacial score (nSPS) is 25.9. The third-order valence-electron chi connectivity index (χ3n) is 2.82. The quantitative estimate of drug-likeness (QED) is 0.811. The van der Waals surface area contributed by atoms with Crippen LogP contribution in [-0.2, 0) is 10.0 Å². The molecule has 1 heterocycles. The van der Waals surface area contributed by atoms with Crippen LogP contribution < -0.4 is 0 Å². The van der Waals surface area contributed by atoms with Crippen LogP contribution >= 0.6 is 0 Å². The zero-order valence-electron chi connectivity index (χ0n) is 9.68. The lowest BCUT2D eigenvalue weighted by molar-refractivity contribution is 0.0572. The molecule has 0 aromatic heterocycles. The van der Waals surface area contributed by atoms with Gasteiger partial charge in [0.15, 0.2) is 0 Å². The van der Waals surface area contributed by atoms with E-state index in [1.54, 1.807) is 12.1 Å². The zero-order valence-corrected chi connectivity index (χ0v) is 10.5. The van der Waals surface area contributed by atoms with Crippen molar-refractivity contribution in [3.8, 4) is 0 Å². The minimum Gasteiger partial charge on any atom is -0.389 e. The van der Waals surface area contributed by atoms with Gasteiger partial charge in [0.05, 0.1) is 12.2 Å². The second-order valence-corrected chi connectivity index (χ2v) is 6.03. The van der Waals surface area contributed by atoms with Crippen LogP contribution in [0, 0.1) is 0 Å². The molecule has 5 nitrogen and oxygen atoms in total. The topological polar surface area (TPSA) is 77.8 Å². The van der Waals surface area contributed by atoms with Gasteiger partial charge in [-0.1, -0.05) is 30.3 Å². The third kappa shape index (κ3) is 2.97. The van der Waals surface area contributed by atoms with Crippen molar-refractivity contribution in [2.75, 3.05) is 13.1 Å². The van der Waals surface area contributed by atoms with Gasteiger partial charge in [0.2, 0.25) is 10.0 Å². The van der Waals surface area contributed by atoms with Crippen molar-refractivity contribution in [3.05, 3.63) is 41.3 Å². The molecule has 1 aromatic rings. The van der Waals surface area contributed by atoms with Gasteiger partial charge in [0.1, 0.15) is 0 Å². The molecular weight excluding hydrogens is 254 g/mol. The molecule has 2 N–H and O–H groups in total. The van der Waals surface area contributed by atoms with Crippen LogP contribution in [0.4, 0.5) is 0 Å². The lowest BCUT2D eigenvalue weighted by atomic mass is 10.2. The minimum atomic E-state index is -3.59. The Morgan fingerprint density at radius 2 is 1.67 bits per heavy atom. The number of hydrogen-bond acceptors (Lipinski definition) is 4. The highest BCUT2D eigenvalue weighted by molar-refractivity contribution is 7.92. The van der Waals surface area contributed by atoms with Crippen LogP contribution in [0.2, 0.25) is 0 Å². The number of nitrogens with zero attached hydrogens (tertiary/aromatic N) is 1. The van der Waals surface area contributed by atoms with Crippen molar-refractivity contribution < 1.29 is 18.6 Å². The van der Waals surface area contributed by atoms with Crippen molar-refractivity contribution in [2.45, 2.75) is 12.2 Å². The fraction of sp³-hybridized carbons (Fsp3) is 0.333. The van der Waals surface area contributed by atoms with E-state index in [1.807, 2.05) is 18.2 Å². The second kappa shape index (κ2) is 5.19. The van der Waals surface area contributed by atoms with E-state index in [0.29, 0.717) is 0 Å². The summed E-state index contributed by atoms with van der Waals surface area (Å²) in [7, 11) is -3.59. The maximum atomic E-state index is 11.9. The van der Waals surface area contributed by atoms with Crippen LogP contribution in [0.25, 0.3) is 6.08 Å². The molecule has 1 fully saturated rings. The maximum absolute atomic E-state index is 11.9. The minimum absolute atomic E-state index is 0.0668. The average molecular weight is 269 g/mol. The van der Waals surface area contributed by atoms with E-state index < -0.39 is 22.2 Å². The maximum Gasteiger partial charge on any atom is 0.236 e. The van der Waals surface area contributed by atoms with Crippen molar-refractivity contribution in [1.29, 1.82) is 0 Å². The molecule has 6 heteroatoms. The molecule has 2 atom stereocenters. The molecule has 0 spiro atoms. The van der Waals surface area contributed by atoms with Crippen LogP contribution in [0.5, 0.6) is 0 Å². The Morgan fingerprint density at radius 1 is 1.11 bits per heavy atom. The molecule has 0 bridgehead atoms. The number of hydrogen-bond donors (Lipinski definition) is 2. The predicted octanol–water partition coefficient (Wildman–Crippen LogP) is 0.0245. The van der Waals surface area contributed by atoms with Gasteiger partial charge >= 0.3 is 0 Å². The summed E-state index contributed by atoms with van der Waals surface area (Å²) in [6.45, 7) is -0.134. The van der Waals surface area contributed by atoms with Crippen molar-refractivity contribution in [3.63, 3.8) is 0 Å². The lowest BCUT2D eigenvalue weighted by Gasteiger charge is -2.11. The Hall–Kier alpha value is -1.21. The van der Waals surface area contributed by atoms with Crippen LogP contribution in [0.15, 0.2) is 35.7 Å². The van der Waals surface area contributed by atoms with E-state index in [0.717, 1.165) is 15.3 Å². The average Bonchev–Trinajstić information content (AvgIpc) is 2.70. The molecule has 18 heavy (non-hydrogen) atoms. The van der Waals surface area contributed by atoms with Gasteiger partial charge in [-0.15, -0.1) is 0 Å². The highest BCUT2D eigenvalue weighted by Gasteiger charge is 2.35. The molecule has 0 amide bonds. The zero-order chi connectivity index (χ0) is 13.2. The summed E-state index contributed by atoms with van der Waals surface area (Å²) < 4.78 is 24.9. The molecule has 0 radical (unpaired) electrons. The summed E-state index contributed by atoms with van der Waals surface area (Å²) in [6.07, 6.45) is -0.526. The highest BCUT2D eigenvalue weighted by atomic mass is 32.2. The standard InChI is InChI=1S/C12H15NO4S/c14-11-8-13(9-12(11)15)18(16,17)7-6-10-4-2-1-3-5-10/h1-7,11-12,14-15H,8-9H2/b7-6+. The first-order chi connectivity index (χ1) is 8.49. The summed E-state index contributed by atoms with van der Waals surface area (Å²) >= 11 is 0. The van der Waals surface area contributed by atoms with Crippen LogP contribution in [0.3, 0.4) is 0 Å². The largest absolute Gasteiger partial charge is 0.389 e. The number of aliphatic hydroxyl groups excluding tert-OH is 2. The molecule has 1 aliphatic rings. The number of rotatable bonds is 3. The van der Waals surface area contributed by atoms with E-state index in [-0.39, 0.29) is 13.1 Å². The summed E-state index contributed by atoms with van der Waals surface area (Å²) in [4.78, 5) is 0. The van der Waals surface area contributed by atoms with E-state index in [9.17, 15) is 18.6 Å². The van der Waals surface area contributed by atoms with Crippen molar-refractivity contribution in [1.82, 2.24) is 4.31 Å². The summed E-state index contributed by atoms with van der Waals surface area (Å²) in [5, 5.41) is 19.8. The first-order valence-electron chi connectivity index (χ1n) is 5.58. The smallest absolute Gasteiger partial charge is 0.236 e. The van der Waals surface area contributed by atoms with Gasteiger partial charge in [0, 0.05) is 18.5 Å². The number of benzene rings is 1. The Bertz CT molecular complexity index is 516. The first-order valence-corrected chi connectivity index (χ1v) is 7.09. The van der Waals surface area contributed by atoms with Crippen LogP contribution in [0.1, 0.15) is 5.56 Å². The SMILES string of the molecule is O=S(=O)(/C=C/c1ccccc1)N1CC(O)C(O)C1. The van der Waals surface area contributed by atoms with Gasteiger partial charge in [-0.3, -0.25) is 0 Å². The van der Waals surface area contributed by atoms with Gasteiger partial charge in [-0.25, -0.2) is 8.42 Å². The van der Waals surface area contributed by atoms with E-state index >= 15 is 0 Å². The van der Waals surface area contributed by atoms with Gasteiger partial charge in [-0.2, -0.15) is 4.31 Å². The van der Waals surface area contributed by atoms with E-state index in [4.69, 9.17) is 0 Å². The van der Waals surface area contributed by atoms with Gasteiger partial charge < -0.3 is 10.2 Å². The highest BCUT2D eigenvalue weighted by Crippen LogP contribution is 2.16. The summed E-state index contributed by atoms with van der Waals surface area (Å²) in [5.41, 5.74) is 0.779. The Kier molecular flexibility index (Phi) is 3.82. The number of aliphatic hydroxyl groups is 2. The Labute approximate surface area is 106 Å². The molecule has 1 saturated heterocycles. The van der Waals surface area contributed by atoms with Crippen LogP contribution in [-0.4, -0.2) is 48.2 Å². The monoisotopic (exact) mass is 269 g/mol. The van der Waals surface area contributed by atoms with Crippen molar-refractivity contribution in [2.24, 2.45) is 0 Å². The molecule has 2 unspecified atom stereocenters. The number of β-amino-alcohol motifs (C(OH)–C–C–N with tert-alkyl or cyclic N) is 2. The molecule has 98 valence electrons. The summed E-state index contributed by atoms with van der Waals surface area (Å²) in [6, 6.07) is 9.06. The second-order valence-electron chi connectivity index (χ2n) is 4.21. The predicted molar refractivity (Wildman–Crippen MR) is 68.0 cm³/mol. The summed E-state index contributed by atoms with van der Waals surface area (Å²) in [5.74, 6) is 0. The third-order valence-corrected chi connectivity index (χ3v) is 4.32. The first kappa shape index (κ1) is 13.2. The molecule has 2 rings (SSSR count). The fourth-order valence-corrected chi connectivity index (χ4v) is 2.98. The number of sulfonamides is 1. The van der Waals surface area contributed by atoms with Gasteiger partial charge in [0.25, 0.3) is 0 Å². The Morgan fingerprint density at radius 3 is 2.22 bits per heavy atom. The molecule has 0 aliphatic carbocycles. The van der Waals surface area contributed by atoms with E-state index in [2.05, 4.69) is 0 Å². The molecular formula is C12H15NO4S. The van der Waals surface area contributed by atoms with E-state index in [1.165, 1.54) is 6.08 Å². The molecule has 0 saturated carbocycles. The Balaban J connectivity index is 2.11. The van der Waals surface area contributed by atoms with Gasteiger partial charge in [-0.05, 0) is 11.6 Å². The lowest BCUT2D eigenvalue weighted by Crippen LogP contribution is -2.28.